The van der Waals surface area contributed by atoms with Crippen molar-refractivity contribution in [3.05, 3.63) is 68.0 Å². The molecule has 0 aliphatic heterocycles. The Balaban J connectivity index is 2.10. The van der Waals surface area contributed by atoms with Gasteiger partial charge in [0, 0.05) is 9.13 Å². The number of rotatable bonds is 3. The van der Waals surface area contributed by atoms with Crippen molar-refractivity contribution in [3.8, 4) is 0 Å². The molecule has 0 fully saturated rings. The van der Waals surface area contributed by atoms with Gasteiger partial charge in [-0.15, -0.1) is 0 Å². The summed E-state index contributed by atoms with van der Waals surface area (Å²) in [5.41, 5.74) is 1.35. The molecule has 5 heteroatoms. The SMILES string of the molecule is CC(NC(=O)c1ccc(I)c(Cl)c1)c1ccc(F)cc1. The highest BCUT2D eigenvalue weighted by atomic mass is 127. The van der Waals surface area contributed by atoms with Gasteiger partial charge in [-0.1, -0.05) is 23.7 Å². The smallest absolute Gasteiger partial charge is 0.251 e. The van der Waals surface area contributed by atoms with Crippen molar-refractivity contribution in [2.75, 3.05) is 0 Å². The molecule has 1 unspecified atom stereocenters. The highest BCUT2D eigenvalue weighted by molar-refractivity contribution is 14.1. The zero-order chi connectivity index (χ0) is 14.7. The van der Waals surface area contributed by atoms with Crippen LogP contribution in [0.1, 0.15) is 28.9 Å². The van der Waals surface area contributed by atoms with E-state index in [0.29, 0.717) is 10.6 Å². The van der Waals surface area contributed by atoms with Crippen LogP contribution in [0, 0.1) is 9.39 Å². The summed E-state index contributed by atoms with van der Waals surface area (Å²) in [5, 5.41) is 3.40. The topological polar surface area (TPSA) is 29.1 Å². The highest BCUT2D eigenvalue weighted by Gasteiger charge is 2.12. The second-order valence-electron chi connectivity index (χ2n) is 4.38. The first kappa shape index (κ1) is 15.3. The van der Waals surface area contributed by atoms with E-state index in [9.17, 15) is 9.18 Å². The maximum absolute atomic E-state index is 12.9. The minimum absolute atomic E-state index is 0.207. The van der Waals surface area contributed by atoms with Crippen LogP contribution < -0.4 is 5.32 Å². The number of hydrogen-bond acceptors (Lipinski definition) is 1. The van der Waals surface area contributed by atoms with Crippen molar-refractivity contribution in [2.24, 2.45) is 0 Å². The molecule has 0 radical (unpaired) electrons. The van der Waals surface area contributed by atoms with Crippen LogP contribution in [0.2, 0.25) is 5.02 Å². The molecular weight excluding hydrogens is 392 g/mol. The van der Waals surface area contributed by atoms with Crippen LogP contribution in [0.5, 0.6) is 0 Å². The zero-order valence-corrected chi connectivity index (χ0v) is 13.6. The maximum Gasteiger partial charge on any atom is 0.251 e. The van der Waals surface area contributed by atoms with E-state index in [1.807, 2.05) is 6.92 Å². The van der Waals surface area contributed by atoms with Gasteiger partial charge >= 0.3 is 0 Å². The summed E-state index contributed by atoms with van der Waals surface area (Å²) in [6.45, 7) is 1.85. The fourth-order valence-electron chi connectivity index (χ4n) is 1.75. The number of amides is 1. The third-order valence-corrected chi connectivity index (χ3v) is 4.47. The Morgan fingerprint density at radius 3 is 2.50 bits per heavy atom. The van der Waals surface area contributed by atoms with E-state index in [4.69, 9.17) is 11.6 Å². The summed E-state index contributed by atoms with van der Waals surface area (Å²) in [5.74, 6) is -0.503. The number of nitrogens with one attached hydrogen (secondary N) is 1. The Morgan fingerprint density at radius 1 is 1.25 bits per heavy atom. The Morgan fingerprint density at radius 2 is 1.90 bits per heavy atom. The van der Waals surface area contributed by atoms with Crippen molar-refractivity contribution >= 4 is 40.1 Å². The molecule has 0 bridgehead atoms. The van der Waals surface area contributed by atoms with Crippen LogP contribution >= 0.6 is 34.2 Å². The largest absolute Gasteiger partial charge is 0.346 e. The lowest BCUT2D eigenvalue weighted by Crippen LogP contribution is -2.26. The zero-order valence-electron chi connectivity index (χ0n) is 10.7. The van der Waals surface area contributed by atoms with E-state index in [-0.39, 0.29) is 17.8 Å². The molecule has 0 saturated heterocycles. The summed E-state index contributed by atoms with van der Waals surface area (Å²) < 4.78 is 13.8. The second kappa shape index (κ2) is 6.54. The quantitative estimate of drug-likeness (QED) is 0.747. The fourth-order valence-corrected chi connectivity index (χ4v) is 2.27. The van der Waals surface area contributed by atoms with Crippen LogP contribution in [0.15, 0.2) is 42.5 Å². The monoisotopic (exact) mass is 403 g/mol. The predicted molar refractivity (Wildman–Crippen MR) is 86.5 cm³/mol. The molecule has 20 heavy (non-hydrogen) atoms. The van der Waals surface area contributed by atoms with Crippen molar-refractivity contribution in [3.63, 3.8) is 0 Å². The Labute approximate surface area is 135 Å². The maximum atomic E-state index is 12.9. The van der Waals surface area contributed by atoms with E-state index >= 15 is 0 Å². The van der Waals surface area contributed by atoms with Crippen molar-refractivity contribution in [1.29, 1.82) is 0 Å². The third kappa shape index (κ3) is 3.70. The molecule has 1 N–H and O–H groups in total. The molecule has 0 aromatic heterocycles. The van der Waals surface area contributed by atoms with E-state index in [1.54, 1.807) is 30.3 Å². The first-order valence-electron chi connectivity index (χ1n) is 5.99. The summed E-state index contributed by atoms with van der Waals surface area (Å²) in [4.78, 5) is 12.1. The number of benzene rings is 2. The average molecular weight is 404 g/mol. The van der Waals surface area contributed by atoms with Crippen LogP contribution in [-0.2, 0) is 0 Å². The molecule has 0 aliphatic rings. The summed E-state index contributed by atoms with van der Waals surface area (Å²) >= 11 is 8.10. The summed E-state index contributed by atoms with van der Waals surface area (Å²) in [6.07, 6.45) is 0. The number of hydrogen-bond donors (Lipinski definition) is 1. The van der Waals surface area contributed by atoms with Gasteiger partial charge in [0.25, 0.3) is 5.91 Å². The molecule has 2 nitrogen and oxygen atoms in total. The molecule has 0 saturated carbocycles. The highest BCUT2D eigenvalue weighted by Crippen LogP contribution is 2.20. The normalized spacial score (nSPS) is 12.0. The number of carbonyl (C=O) groups is 1. The van der Waals surface area contributed by atoms with Gasteiger partial charge in [0.2, 0.25) is 0 Å². The third-order valence-electron chi connectivity index (χ3n) is 2.90. The summed E-state index contributed by atoms with van der Waals surface area (Å²) in [7, 11) is 0. The van der Waals surface area contributed by atoms with Crippen LogP contribution in [0.3, 0.4) is 0 Å². The van der Waals surface area contributed by atoms with Crippen molar-refractivity contribution in [2.45, 2.75) is 13.0 Å². The van der Waals surface area contributed by atoms with E-state index in [2.05, 4.69) is 27.9 Å². The van der Waals surface area contributed by atoms with Crippen molar-refractivity contribution in [1.82, 2.24) is 5.32 Å². The van der Waals surface area contributed by atoms with Gasteiger partial charge in [-0.25, -0.2) is 4.39 Å². The molecule has 1 atom stereocenters. The summed E-state index contributed by atoms with van der Waals surface area (Å²) in [6, 6.07) is 11.0. The Kier molecular flexibility index (Phi) is 4.99. The lowest BCUT2D eigenvalue weighted by Gasteiger charge is -2.14. The predicted octanol–water partition coefficient (Wildman–Crippen LogP) is 4.57. The number of carbonyl (C=O) groups excluding carboxylic acids is 1. The van der Waals surface area contributed by atoms with Crippen LogP contribution in [-0.4, -0.2) is 5.91 Å². The van der Waals surface area contributed by atoms with Gasteiger partial charge < -0.3 is 5.32 Å². The van der Waals surface area contributed by atoms with Crippen LogP contribution in [0.25, 0.3) is 0 Å². The molecule has 0 heterocycles. The van der Waals surface area contributed by atoms with E-state index < -0.39 is 0 Å². The second-order valence-corrected chi connectivity index (χ2v) is 5.94. The van der Waals surface area contributed by atoms with Gasteiger partial charge in [0.15, 0.2) is 0 Å². The molecular formula is C15H12ClFINO. The molecule has 0 aliphatic carbocycles. The first-order chi connectivity index (χ1) is 9.47. The molecule has 2 rings (SSSR count). The van der Waals surface area contributed by atoms with E-state index in [0.717, 1.165) is 9.13 Å². The molecule has 2 aromatic rings. The molecule has 0 spiro atoms. The Hall–Kier alpha value is -1.14. The van der Waals surface area contributed by atoms with E-state index in [1.165, 1.54) is 12.1 Å². The lowest BCUT2D eigenvalue weighted by atomic mass is 10.1. The minimum atomic E-state index is -0.295. The van der Waals surface area contributed by atoms with Gasteiger partial charge in [0.1, 0.15) is 5.82 Å². The first-order valence-corrected chi connectivity index (χ1v) is 7.44. The van der Waals surface area contributed by atoms with Gasteiger partial charge in [-0.3, -0.25) is 4.79 Å². The van der Waals surface area contributed by atoms with Gasteiger partial charge in [0.05, 0.1) is 11.1 Å². The van der Waals surface area contributed by atoms with Gasteiger partial charge in [-0.05, 0) is 65.4 Å². The molecule has 2 aromatic carbocycles. The minimum Gasteiger partial charge on any atom is -0.346 e. The fraction of sp³-hybridized carbons (Fsp3) is 0.133. The van der Waals surface area contributed by atoms with Crippen LogP contribution in [0.4, 0.5) is 4.39 Å². The standard InChI is InChI=1S/C15H12ClFINO/c1-9(10-2-5-12(17)6-3-10)19-15(20)11-4-7-14(18)13(16)8-11/h2-9H,1H3,(H,19,20). The average Bonchev–Trinajstić information content (AvgIpc) is 2.42. The lowest BCUT2D eigenvalue weighted by molar-refractivity contribution is 0.0940. The molecule has 1 amide bonds. The number of halogens is 3. The van der Waals surface area contributed by atoms with Crippen molar-refractivity contribution < 1.29 is 9.18 Å². The molecule has 104 valence electrons. The van der Waals surface area contributed by atoms with Gasteiger partial charge in [-0.2, -0.15) is 0 Å². The Bertz CT molecular complexity index is 630.